The fourth-order valence-electron chi connectivity index (χ4n) is 3.69. The molecule has 0 aliphatic carbocycles. The molecule has 184 valence electrons. The van der Waals surface area contributed by atoms with Crippen LogP contribution in [0, 0.1) is 12.7 Å². The lowest BCUT2D eigenvalue weighted by atomic mass is 10.1. The summed E-state index contributed by atoms with van der Waals surface area (Å²) in [6.45, 7) is 4.69. The van der Waals surface area contributed by atoms with Crippen molar-refractivity contribution in [3.8, 4) is 11.4 Å². The molecule has 2 heterocycles. The molecule has 2 aromatic carbocycles. The van der Waals surface area contributed by atoms with Crippen molar-refractivity contribution < 1.29 is 23.2 Å². The average Bonchev–Trinajstić information content (AvgIpc) is 3.34. The molecule has 1 N–H and O–H groups in total. The van der Waals surface area contributed by atoms with E-state index in [9.17, 15) is 14.0 Å². The summed E-state index contributed by atoms with van der Waals surface area (Å²) in [5.74, 6) is -0.339. The summed E-state index contributed by atoms with van der Waals surface area (Å²) < 4.78 is 24.3. The zero-order valence-corrected chi connectivity index (χ0v) is 19.8. The van der Waals surface area contributed by atoms with Crippen molar-refractivity contribution >= 4 is 23.2 Å². The number of likely N-dealkylation sites (N-methyl/N-ethyl adjacent to an activating group) is 1. The molecule has 35 heavy (non-hydrogen) atoms. The number of nitrogens with zero attached hydrogens (tertiary/aromatic N) is 4. The normalized spacial score (nSPS) is 13.5. The number of anilines is 2. The zero-order valence-electron chi connectivity index (χ0n) is 19.8. The zero-order chi connectivity index (χ0) is 24.8. The van der Waals surface area contributed by atoms with Gasteiger partial charge in [-0.1, -0.05) is 17.3 Å². The molecule has 0 atom stereocenters. The molecule has 1 aromatic heterocycles. The van der Waals surface area contributed by atoms with E-state index in [1.54, 1.807) is 26.1 Å². The average molecular weight is 482 g/mol. The second-order valence-corrected chi connectivity index (χ2v) is 8.42. The molecule has 9 nitrogen and oxygen atoms in total. The van der Waals surface area contributed by atoms with Crippen LogP contribution in [0.15, 0.2) is 47.0 Å². The second kappa shape index (κ2) is 11.1. The molecule has 1 aliphatic heterocycles. The Kier molecular flexibility index (Phi) is 7.71. The number of aryl methyl sites for hydroxylation is 2. The van der Waals surface area contributed by atoms with Crippen LogP contribution in [0.5, 0.6) is 0 Å². The van der Waals surface area contributed by atoms with E-state index in [1.807, 2.05) is 24.3 Å². The number of morpholine rings is 1. The number of carbonyl (C=O) groups excluding carboxylic acids is 2. The topological polar surface area (TPSA) is 101 Å². The molecule has 0 saturated carbocycles. The van der Waals surface area contributed by atoms with E-state index < -0.39 is 0 Å². The summed E-state index contributed by atoms with van der Waals surface area (Å²) in [6.07, 6.45) is 0.317. The number of rotatable bonds is 8. The Labute approximate surface area is 202 Å². The van der Waals surface area contributed by atoms with Crippen LogP contribution in [0.4, 0.5) is 15.8 Å². The van der Waals surface area contributed by atoms with Crippen molar-refractivity contribution in [2.45, 2.75) is 19.8 Å². The monoisotopic (exact) mass is 481 g/mol. The fourth-order valence-corrected chi connectivity index (χ4v) is 3.69. The Morgan fingerprint density at radius 3 is 2.60 bits per heavy atom. The predicted octanol–water partition coefficient (Wildman–Crippen LogP) is 3.05. The SMILES string of the molecule is Cc1ccc(-c2noc(CCC(=O)N(C)CC(=O)Nc3ccc(N4CCOCC4)cc3)n2)cc1F. The van der Waals surface area contributed by atoms with Gasteiger partial charge in [0.15, 0.2) is 0 Å². The van der Waals surface area contributed by atoms with Crippen molar-refractivity contribution in [1.29, 1.82) is 0 Å². The van der Waals surface area contributed by atoms with Crippen LogP contribution in [0.2, 0.25) is 0 Å². The van der Waals surface area contributed by atoms with E-state index in [-0.39, 0.29) is 48.7 Å². The third-order valence-corrected chi connectivity index (χ3v) is 5.78. The molecule has 0 unspecified atom stereocenters. The van der Waals surface area contributed by atoms with E-state index in [0.29, 0.717) is 30.0 Å². The molecule has 1 fully saturated rings. The number of aromatic nitrogens is 2. The maximum atomic E-state index is 13.8. The molecule has 4 rings (SSSR count). The van der Waals surface area contributed by atoms with E-state index in [2.05, 4.69) is 20.4 Å². The molecule has 2 amide bonds. The number of carbonyl (C=O) groups is 2. The predicted molar refractivity (Wildman–Crippen MR) is 128 cm³/mol. The van der Waals surface area contributed by atoms with Crippen LogP contribution < -0.4 is 10.2 Å². The third kappa shape index (κ3) is 6.42. The molecule has 1 aliphatic rings. The minimum absolute atomic E-state index is 0.0816. The molecule has 10 heteroatoms. The summed E-state index contributed by atoms with van der Waals surface area (Å²) in [4.78, 5) is 32.7. The van der Waals surface area contributed by atoms with Crippen LogP contribution in [-0.2, 0) is 20.7 Å². The molecule has 0 bridgehead atoms. The first-order valence-corrected chi connectivity index (χ1v) is 11.4. The first-order valence-electron chi connectivity index (χ1n) is 11.4. The summed E-state index contributed by atoms with van der Waals surface area (Å²) in [6, 6.07) is 12.3. The van der Waals surface area contributed by atoms with Crippen LogP contribution >= 0.6 is 0 Å². The maximum absolute atomic E-state index is 13.8. The lowest BCUT2D eigenvalue weighted by molar-refractivity contribution is -0.133. The molecule has 3 aromatic rings. The van der Waals surface area contributed by atoms with Gasteiger partial charge in [-0.15, -0.1) is 0 Å². The van der Waals surface area contributed by atoms with E-state index in [1.165, 1.54) is 11.0 Å². The van der Waals surface area contributed by atoms with E-state index in [0.717, 1.165) is 18.8 Å². The van der Waals surface area contributed by atoms with Gasteiger partial charge >= 0.3 is 0 Å². The Hall–Kier alpha value is -3.79. The van der Waals surface area contributed by atoms with Gasteiger partial charge in [0.1, 0.15) is 5.82 Å². The molecular weight excluding hydrogens is 453 g/mol. The number of ether oxygens (including phenoxy) is 1. The Morgan fingerprint density at radius 1 is 1.14 bits per heavy atom. The summed E-state index contributed by atoms with van der Waals surface area (Å²) in [5.41, 5.74) is 2.77. The second-order valence-electron chi connectivity index (χ2n) is 8.42. The lowest BCUT2D eigenvalue weighted by Crippen LogP contribution is -2.36. The minimum atomic E-state index is -0.350. The van der Waals surface area contributed by atoms with Crippen LogP contribution in [0.25, 0.3) is 11.4 Å². The first kappa shape index (κ1) is 24.3. The van der Waals surface area contributed by atoms with Gasteiger partial charge in [-0.2, -0.15) is 4.98 Å². The number of hydrogen-bond donors (Lipinski definition) is 1. The van der Waals surface area contributed by atoms with Gasteiger partial charge in [-0.25, -0.2) is 4.39 Å². The maximum Gasteiger partial charge on any atom is 0.243 e. The van der Waals surface area contributed by atoms with Crippen molar-refractivity contribution in [2.24, 2.45) is 0 Å². The van der Waals surface area contributed by atoms with Gasteiger partial charge in [0.05, 0.1) is 19.8 Å². The standard InChI is InChI=1S/C25H28FN5O4/c1-17-3-4-18(15-21(17)26)25-28-23(35-29-25)9-10-24(33)30(2)16-22(32)27-19-5-7-20(8-6-19)31-11-13-34-14-12-31/h3-8,15H,9-14,16H2,1-2H3,(H,27,32). The first-order chi connectivity index (χ1) is 16.9. The third-order valence-electron chi connectivity index (χ3n) is 5.78. The van der Waals surface area contributed by atoms with Crippen molar-refractivity contribution in [3.05, 3.63) is 59.7 Å². The fraction of sp³-hybridized carbons (Fsp3) is 0.360. The Balaban J connectivity index is 1.23. The number of amides is 2. The van der Waals surface area contributed by atoms with E-state index in [4.69, 9.17) is 9.26 Å². The number of nitrogens with one attached hydrogen (secondary N) is 1. The number of benzene rings is 2. The van der Waals surface area contributed by atoms with Crippen LogP contribution in [0.1, 0.15) is 17.9 Å². The minimum Gasteiger partial charge on any atom is -0.378 e. The lowest BCUT2D eigenvalue weighted by Gasteiger charge is -2.28. The highest BCUT2D eigenvalue weighted by Crippen LogP contribution is 2.20. The summed E-state index contributed by atoms with van der Waals surface area (Å²) in [7, 11) is 1.57. The summed E-state index contributed by atoms with van der Waals surface area (Å²) >= 11 is 0. The van der Waals surface area contributed by atoms with Gasteiger partial charge in [0.2, 0.25) is 23.5 Å². The molecule has 0 spiro atoms. The Bertz CT molecular complexity index is 1170. The highest BCUT2D eigenvalue weighted by molar-refractivity contribution is 5.94. The molecular formula is C25H28FN5O4. The largest absolute Gasteiger partial charge is 0.378 e. The van der Waals surface area contributed by atoms with E-state index >= 15 is 0 Å². The van der Waals surface area contributed by atoms with Crippen molar-refractivity contribution in [2.75, 3.05) is 50.1 Å². The van der Waals surface area contributed by atoms with Crippen LogP contribution in [-0.4, -0.2) is 66.8 Å². The van der Waals surface area contributed by atoms with Crippen molar-refractivity contribution in [1.82, 2.24) is 15.0 Å². The van der Waals surface area contributed by atoms with Gasteiger partial charge in [0.25, 0.3) is 0 Å². The van der Waals surface area contributed by atoms with Gasteiger partial charge < -0.3 is 24.4 Å². The van der Waals surface area contributed by atoms with Crippen LogP contribution in [0.3, 0.4) is 0 Å². The van der Waals surface area contributed by atoms with Gasteiger partial charge in [-0.3, -0.25) is 9.59 Å². The summed E-state index contributed by atoms with van der Waals surface area (Å²) in [5, 5.41) is 6.67. The number of hydrogen-bond acceptors (Lipinski definition) is 7. The smallest absolute Gasteiger partial charge is 0.243 e. The van der Waals surface area contributed by atoms with Crippen molar-refractivity contribution in [3.63, 3.8) is 0 Å². The molecule has 0 radical (unpaired) electrons. The van der Waals surface area contributed by atoms with Gasteiger partial charge in [-0.05, 0) is 42.8 Å². The number of halogens is 1. The molecule has 1 saturated heterocycles. The Morgan fingerprint density at radius 2 is 1.89 bits per heavy atom. The highest BCUT2D eigenvalue weighted by atomic mass is 19.1. The van der Waals surface area contributed by atoms with Gasteiger partial charge in [0, 0.05) is 49.9 Å². The highest BCUT2D eigenvalue weighted by Gasteiger charge is 2.17. The quantitative estimate of drug-likeness (QED) is 0.528.